The topological polar surface area (TPSA) is 15.7 Å². The predicted molar refractivity (Wildman–Crippen MR) is 89.3 cm³/mol. The third-order valence-corrected chi connectivity index (χ3v) is 4.67. The molecule has 1 aromatic rings. The van der Waals surface area contributed by atoms with Crippen LogP contribution in [-0.4, -0.2) is 50.5 Å². The van der Waals surface area contributed by atoms with Crippen molar-refractivity contribution < 1.29 is 4.74 Å². The molecule has 0 spiro atoms. The molecule has 1 unspecified atom stereocenters. The van der Waals surface area contributed by atoms with Gasteiger partial charge < -0.3 is 9.64 Å². The lowest BCUT2D eigenvalue weighted by molar-refractivity contribution is 0.224. The first-order valence-electron chi connectivity index (χ1n) is 7.49. The molecule has 1 aliphatic rings. The van der Waals surface area contributed by atoms with Gasteiger partial charge in [-0.15, -0.1) is 0 Å². The molecule has 20 heavy (non-hydrogen) atoms. The van der Waals surface area contributed by atoms with Crippen LogP contribution in [-0.2, 0) is 0 Å². The summed E-state index contributed by atoms with van der Waals surface area (Å²) in [5.74, 6) is 2.68. The van der Waals surface area contributed by atoms with Crippen LogP contribution in [0.5, 0.6) is 5.75 Å². The van der Waals surface area contributed by atoms with E-state index >= 15 is 0 Å². The van der Waals surface area contributed by atoms with Gasteiger partial charge in [-0.3, -0.25) is 4.90 Å². The van der Waals surface area contributed by atoms with E-state index in [4.69, 9.17) is 4.74 Å². The van der Waals surface area contributed by atoms with Gasteiger partial charge in [-0.2, -0.15) is 12.6 Å². The first kappa shape index (κ1) is 15.5. The predicted octanol–water partition coefficient (Wildman–Crippen LogP) is 2.77. The number of rotatable bonds is 6. The van der Waals surface area contributed by atoms with Gasteiger partial charge in [-0.05, 0) is 23.8 Å². The van der Waals surface area contributed by atoms with Gasteiger partial charge in [0.1, 0.15) is 5.75 Å². The maximum atomic E-state index is 5.46. The van der Waals surface area contributed by atoms with Crippen LogP contribution in [0.1, 0.15) is 13.3 Å². The van der Waals surface area contributed by atoms with Gasteiger partial charge in [-0.25, -0.2) is 0 Å². The number of methoxy groups -OCH3 is 1. The van der Waals surface area contributed by atoms with Crippen molar-refractivity contribution in [3.63, 3.8) is 0 Å². The van der Waals surface area contributed by atoms with Gasteiger partial charge in [0, 0.05) is 32.7 Å². The summed E-state index contributed by atoms with van der Waals surface area (Å²) in [6, 6.07) is 8.29. The van der Waals surface area contributed by atoms with E-state index in [1.807, 2.05) is 12.1 Å². The molecule has 0 N–H and O–H groups in total. The number of thiol groups is 1. The van der Waals surface area contributed by atoms with Crippen LogP contribution in [0.25, 0.3) is 0 Å². The Morgan fingerprint density at radius 2 is 1.90 bits per heavy atom. The first-order chi connectivity index (χ1) is 9.78. The van der Waals surface area contributed by atoms with Crippen molar-refractivity contribution in [2.45, 2.75) is 13.3 Å². The summed E-state index contributed by atoms with van der Waals surface area (Å²) in [5, 5.41) is 0. The molecule has 4 heteroatoms. The summed E-state index contributed by atoms with van der Waals surface area (Å²) >= 11 is 4.44. The highest BCUT2D eigenvalue weighted by atomic mass is 32.1. The number of para-hydroxylation sites is 2. The molecule has 0 aromatic heterocycles. The molecule has 1 fully saturated rings. The standard InChI is InChI=1S/C16H26N2OS/c1-3-14(13-20)12-17-8-10-18(11-9-17)15-6-4-5-7-16(15)19-2/h4-7,14,20H,3,8-13H2,1-2H3. The maximum Gasteiger partial charge on any atom is 0.142 e. The minimum absolute atomic E-state index is 0.719. The monoisotopic (exact) mass is 294 g/mol. The average Bonchev–Trinajstić information content (AvgIpc) is 2.53. The fourth-order valence-corrected chi connectivity index (χ4v) is 3.12. The quantitative estimate of drug-likeness (QED) is 0.813. The van der Waals surface area contributed by atoms with Crippen molar-refractivity contribution in [1.82, 2.24) is 4.90 Å². The minimum atomic E-state index is 0.719. The molecule has 1 aliphatic heterocycles. The Morgan fingerprint density at radius 3 is 2.50 bits per heavy atom. The van der Waals surface area contributed by atoms with Gasteiger partial charge >= 0.3 is 0 Å². The lowest BCUT2D eigenvalue weighted by Gasteiger charge is -2.37. The Hall–Kier alpha value is -0.870. The molecule has 0 saturated carbocycles. The molecular weight excluding hydrogens is 268 g/mol. The van der Waals surface area contributed by atoms with Crippen molar-refractivity contribution in [3.8, 4) is 5.75 Å². The largest absolute Gasteiger partial charge is 0.495 e. The van der Waals surface area contributed by atoms with Crippen LogP contribution >= 0.6 is 12.6 Å². The number of ether oxygens (including phenoxy) is 1. The lowest BCUT2D eigenvalue weighted by Crippen LogP contribution is -2.48. The number of hydrogen-bond acceptors (Lipinski definition) is 4. The number of hydrogen-bond donors (Lipinski definition) is 1. The molecule has 112 valence electrons. The second-order valence-corrected chi connectivity index (χ2v) is 5.78. The van der Waals surface area contributed by atoms with Crippen LogP contribution in [0.15, 0.2) is 24.3 Å². The smallest absolute Gasteiger partial charge is 0.142 e. The molecule has 0 aliphatic carbocycles. The van der Waals surface area contributed by atoms with Gasteiger partial charge in [0.05, 0.1) is 12.8 Å². The van der Waals surface area contributed by atoms with Crippen LogP contribution < -0.4 is 9.64 Å². The number of piperazine rings is 1. The van der Waals surface area contributed by atoms with Crippen molar-refractivity contribution in [1.29, 1.82) is 0 Å². The maximum absolute atomic E-state index is 5.46. The second-order valence-electron chi connectivity index (χ2n) is 5.42. The zero-order chi connectivity index (χ0) is 14.4. The molecule has 1 saturated heterocycles. The van der Waals surface area contributed by atoms with Crippen LogP contribution in [0.3, 0.4) is 0 Å². The van der Waals surface area contributed by atoms with E-state index in [9.17, 15) is 0 Å². The fourth-order valence-electron chi connectivity index (χ4n) is 2.74. The molecule has 3 nitrogen and oxygen atoms in total. The van der Waals surface area contributed by atoms with Crippen LogP contribution in [0.2, 0.25) is 0 Å². The Balaban J connectivity index is 1.91. The minimum Gasteiger partial charge on any atom is -0.495 e. The fraction of sp³-hybridized carbons (Fsp3) is 0.625. The SMILES string of the molecule is CCC(CS)CN1CCN(c2ccccc2OC)CC1. The normalized spacial score (nSPS) is 18.1. The third kappa shape index (κ3) is 3.83. The molecule has 0 bridgehead atoms. The molecule has 0 radical (unpaired) electrons. The van der Waals surface area contributed by atoms with Crippen molar-refractivity contribution in [2.75, 3.05) is 50.5 Å². The van der Waals surface area contributed by atoms with E-state index in [-0.39, 0.29) is 0 Å². The highest BCUT2D eigenvalue weighted by Gasteiger charge is 2.20. The van der Waals surface area contributed by atoms with E-state index in [1.54, 1.807) is 7.11 Å². The second kappa shape index (κ2) is 7.79. The average molecular weight is 294 g/mol. The van der Waals surface area contributed by atoms with Gasteiger partial charge in [0.2, 0.25) is 0 Å². The van der Waals surface area contributed by atoms with E-state index in [1.165, 1.54) is 18.7 Å². The summed E-state index contributed by atoms with van der Waals surface area (Å²) in [4.78, 5) is 4.99. The van der Waals surface area contributed by atoms with E-state index in [2.05, 4.69) is 41.5 Å². The van der Waals surface area contributed by atoms with Crippen molar-refractivity contribution >= 4 is 18.3 Å². The summed E-state index contributed by atoms with van der Waals surface area (Å²) < 4.78 is 5.46. The van der Waals surface area contributed by atoms with E-state index in [0.29, 0.717) is 0 Å². The highest BCUT2D eigenvalue weighted by molar-refractivity contribution is 7.80. The van der Waals surface area contributed by atoms with Crippen molar-refractivity contribution in [2.24, 2.45) is 5.92 Å². The zero-order valence-corrected chi connectivity index (χ0v) is 13.5. The Bertz CT molecular complexity index is 401. The van der Waals surface area contributed by atoms with Crippen LogP contribution in [0, 0.1) is 5.92 Å². The summed E-state index contributed by atoms with van der Waals surface area (Å²) in [5.41, 5.74) is 1.22. The molecule has 1 heterocycles. The first-order valence-corrected chi connectivity index (χ1v) is 8.13. The van der Waals surface area contributed by atoms with Gasteiger partial charge in [-0.1, -0.05) is 25.5 Å². The third-order valence-electron chi connectivity index (χ3n) is 4.15. The molecular formula is C16H26N2OS. The molecule has 0 amide bonds. The Labute approximate surface area is 128 Å². The van der Waals surface area contributed by atoms with Crippen molar-refractivity contribution in [3.05, 3.63) is 24.3 Å². The Morgan fingerprint density at radius 1 is 1.20 bits per heavy atom. The number of anilines is 1. The number of nitrogens with zero attached hydrogens (tertiary/aromatic N) is 2. The molecule has 2 rings (SSSR count). The summed E-state index contributed by atoms with van der Waals surface area (Å²) in [6.45, 7) is 7.84. The highest BCUT2D eigenvalue weighted by Crippen LogP contribution is 2.28. The van der Waals surface area contributed by atoms with Gasteiger partial charge in [0.15, 0.2) is 0 Å². The van der Waals surface area contributed by atoms with E-state index < -0.39 is 0 Å². The summed E-state index contributed by atoms with van der Waals surface area (Å²) in [7, 11) is 1.74. The lowest BCUT2D eigenvalue weighted by atomic mass is 10.1. The van der Waals surface area contributed by atoms with Gasteiger partial charge in [0.25, 0.3) is 0 Å². The van der Waals surface area contributed by atoms with E-state index in [0.717, 1.165) is 43.6 Å². The molecule has 1 aromatic carbocycles. The molecule has 1 atom stereocenters. The number of benzene rings is 1. The Kier molecular flexibility index (Phi) is 6.05. The zero-order valence-electron chi connectivity index (χ0n) is 12.6. The summed E-state index contributed by atoms with van der Waals surface area (Å²) in [6.07, 6.45) is 1.22. The van der Waals surface area contributed by atoms with Crippen LogP contribution in [0.4, 0.5) is 5.69 Å².